The molecule has 3 aromatic rings. The Kier molecular flexibility index (Phi) is 6.24. The van der Waals surface area contributed by atoms with Gasteiger partial charge in [-0.05, 0) is 57.2 Å². The number of benzene rings is 2. The number of halogens is 3. The standard InChI is InChI=1S/C22H23F3N4O2/c1-21(2,3)31-15-11-9-14(10-12-15)27-20-26-13-16(22(23,24)25)19(29-20)28-17-7-5-6-8-18(17)30-4/h5-13H,1-4H3,(H2,26,27,28,29). The van der Waals surface area contributed by atoms with Gasteiger partial charge in [0.25, 0.3) is 0 Å². The van der Waals surface area contributed by atoms with E-state index in [1.165, 1.54) is 7.11 Å². The minimum absolute atomic E-state index is 0.00916. The second-order valence-electron chi connectivity index (χ2n) is 7.64. The lowest BCUT2D eigenvalue weighted by molar-refractivity contribution is -0.137. The highest BCUT2D eigenvalue weighted by atomic mass is 19.4. The number of methoxy groups -OCH3 is 1. The van der Waals surface area contributed by atoms with Gasteiger partial charge in [0.15, 0.2) is 0 Å². The Morgan fingerprint density at radius 1 is 0.903 bits per heavy atom. The molecule has 0 saturated heterocycles. The third-order valence-corrected chi connectivity index (χ3v) is 3.99. The van der Waals surface area contributed by atoms with Gasteiger partial charge >= 0.3 is 6.18 Å². The third kappa shape index (κ3) is 6.00. The summed E-state index contributed by atoms with van der Waals surface area (Å²) < 4.78 is 51.4. The van der Waals surface area contributed by atoms with E-state index in [0.29, 0.717) is 22.9 Å². The molecule has 164 valence electrons. The van der Waals surface area contributed by atoms with Gasteiger partial charge in [0.05, 0.1) is 12.8 Å². The fraction of sp³-hybridized carbons (Fsp3) is 0.273. The quantitative estimate of drug-likeness (QED) is 0.486. The van der Waals surface area contributed by atoms with Gasteiger partial charge in [-0.1, -0.05) is 12.1 Å². The summed E-state index contributed by atoms with van der Waals surface area (Å²) in [6.07, 6.45) is -3.89. The fourth-order valence-corrected chi connectivity index (χ4v) is 2.71. The van der Waals surface area contributed by atoms with Crippen LogP contribution >= 0.6 is 0 Å². The van der Waals surface area contributed by atoms with E-state index in [1.54, 1.807) is 48.5 Å². The molecule has 2 aromatic carbocycles. The predicted octanol–water partition coefficient (Wildman–Crippen LogP) is 6.17. The Morgan fingerprint density at radius 3 is 2.19 bits per heavy atom. The summed E-state index contributed by atoms with van der Waals surface area (Å²) >= 11 is 0. The second kappa shape index (κ2) is 8.71. The Hall–Kier alpha value is -3.49. The molecule has 0 radical (unpaired) electrons. The van der Waals surface area contributed by atoms with Crippen molar-refractivity contribution < 1.29 is 22.6 Å². The van der Waals surface area contributed by atoms with E-state index in [9.17, 15) is 13.2 Å². The molecule has 0 amide bonds. The molecule has 1 aromatic heterocycles. The van der Waals surface area contributed by atoms with Crippen molar-refractivity contribution in [1.29, 1.82) is 0 Å². The van der Waals surface area contributed by atoms with E-state index in [4.69, 9.17) is 9.47 Å². The summed E-state index contributed by atoms with van der Waals surface area (Å²) in [7, 11) is 1.44. The first kappa shape index (κ1) is 22.2. The predicted molar refractivity (Wildman–Crippen MR) is 113 cm³/mol. The van der Waals surface area contributed by atoms with Crippen molar-refractivity contribution in [3.05, 3.63) is 60.3 Å². The van der Waals surface area contributed by atoms with Gasteiger partial charge < -0.3 is 20.1 Å². The number of hydrogen-bond donors (Lipinski definition) is 2. The summed E-state index contributed by atoms with van der Waals surface area (Å²) in [4.78, 5) is 7.87. The molecule has 0 spiro atoms. The maximum atomic E-state index is 13.5. The molecule has 0 fully saturated rings. The third-order valence-electron chi connectivity index (χ3n) is 3.99. The molecule has 0 saturated carbocycles. The van der Waals surface area contributed by atoms with E-state index >= 15 is 0 Å². The number of rotatable bonds is 6. The Morgan fingerprint density at radius 2 is 1.58 bits per heavy atom. The van der Waals surface area contributed by atoms with Crippen LogP contribution in [0.1, 0.15) is 26.3 Å². The smallest absolute Gasteiger partial charge is 0.421 e. The molecule has 0 unspecified atom stereocenters. The van der Waals surface area contributed by atoms with Crippen LogP contribution in [0, 0.1) is 0 Å². The van der Waals surface area contributed by atoms with Crippen molar-refractivity contribution in [2.24, 2.45) is 0 Å². The average Bonchev–Trinajstić information content (AvgIpc) is 2.68. The summed E-state index contributed by atoms with van der Waals surface area (Å²) in [5, 5.41) is 5.61. The summed E-state index contributed by atoms with van der Waals surface area (Å²) in [5.41, 5.74) is -0.379. The van der Waals surface area contributed by atoms with Crippen LogP contribution in [0.2, 0.25) is 0 Å². The van der Waals surface area contributed by atoms with Crippen molar-refractivity contribution in [1.82, 2.24) is 9.97 Å². The van der Waals surface area contributed by atoms with E-state index in [-0.39, 0.29) is 17.4 Å². The zero-order chi connectivity index (χ0) is 22.6. The van der Waals surface area contributed by atoms with Crippen LogP contribution in [0.3, 0.4) is 0 Å². The summed E-state index contributed by atoms with van der Waals surface area (Å²) in [6.45, 7) is 5.81. The minimum atomic E-state index is -4.63. The topological polar surface area (TPSA) is 68.3 Å². The highest BCUT2D eigenvalue weighted by molar-refractivity contribution is 5.67. The van der Waals surface area contributed by atoms with E-state index in [0.717, 1.165) is 6.20 Å². The van der Waals surface area contributed by atoms with Crippen LogP contribution in [0.4, 0.5) is 36.3 Å². The maximum Gasteiger partial charge on any atom is 0.421 e. The van der Waals surface area contributed by atoms with Crippen LogP contribution in [0.25, 0.3) is 0 Å². The van der Waals surface area contributed by atoms with E-state index < -0.39 is 11.7 Å². The summed E-state index contributed by atoms with van der Waals surface area (Å²) in [6, 6.07) is 13.6. The molecular formula is C22H23F3N4O2. The van der Waals surface area contributed by atoms with Gasteiger partial charge in [-0.15, -0.1) is 0 Å². The molecular weight excluding hydrogens is 409 g/mol. The molecule has 6 nitrogen and oxygen atoms in total. The lowest BCUT2D eigenvalue weighted by Crippen LogP contribution is -2.22. The van der Waals surface area contributed by atoms with Crippen molar-refractivity contribution in [3.8, 4) is 11.5 Å². The number of hydrogen-bond acceptors (Lipinski definition) is 6. The maximum absolute atomic E-state index is 13.5. The number of para-hydroxylation sites is 2. The average molecular weight is 432 g/mol. The first-order chi connectivity index (χ1) is 14.5. The Bertz CT molecular complexity index is 1030. The zero-order valence-electron chi connectivity index (χ0n) is 17.5. The molecule has 0 aliphatic carbocycles. The summed E-state index contributed by atoms with van der Waals surface area (Å²) in [5.74, 6) is 0.681. The number of alkyl halides is 3. The van der Waals surface area contributed by atoms with Crippen molar-refractivity contribution in [2.45, 2.75) is 32.5 Å². The van der Waals surface area contributed by atoms with Crippen LogP contribution in [0.5, 0.6) is 11.5 Å². The SMILES string of the molecule is COc1ccccc1Nc1nc(Nc2ccc(OC(C)(C)C)cc2)ncc1C(F)(F)F. The molecule has 3 rings (SSSR count). The van der Waals surface area contributed by atoms with Crippen LogP contribution in [0.15, 0.2) is 54.7 Å². The van der Waals surface area contributed by atoms with Gasteiger partial charge in [0, 0.05) is 11.9 Å². The number of ether oxygens (including phenoxy) is 2. The fourth-order valence-electron chi connectivity index (χ4n) is 2.71. The van der Waals surface area contributed by atoms with Crippen molar-refractivity contribution in [2.75, 3.05) is 17.7 Å². The molecule has 0 aliphatic rings. The number of anilines is 4. The normalized spacial score (nSPS) is 11.7. The molecule has 1 heterocycles. The minimum Gasteiger partial charge on any atom is -0.495 e. The first-order valence-corrected chi connectivity index (χ1v) is 9.45. The van der Waals surface area contributed by atoms with Crippen LogP contribution in [-0.4, -0.2) is 22.7 Å². The number of nitrogens with zero attached hydrogens (tertiary/aromatic N) is 2. The van der Waals surface area contributed by atoms with Gasteiger partial charge in [0.1, 0.15) is 28.5 Å². The van der Waals surface area contributed by atoms with Crippen molar-refractivity contribution in [3.63, 3.8) is 0 Å². The lowest BCUT2D eigenvalue weighted by atomic mass is 10.2. The highest BCUT2D eigenvalue weighted by Gasteiger charge is 2.35. The molecule has 0 aliphatic heterocycles. The van der Waals surface area contributed by atoms with Gasteiger partial charge in [-0.2, -0.15) is 18.2 Å². The number of nitrogens with one attached hydrogen (secondary N) is 2. The number of aromatic nitrogens is 2. The molecule has 31 heavy (non-hydrogen) atoms. The van der Waals surface area contributed by atoms with E-state index in [1.807, 2.05) is 20.8 Å². The first-order valence-electron chi connectivity index (χ1n) is 9.45. The Labute approximate surface area is 178 Å². The molecule has 9 heteroatoms. The molecule has 2 N–H and O–H groups in total. The lowest BCUT2D eigenvalue weighted by Gasteiger charge is -2.21. The van der Waals surface area contributed by atoms with E-state index in [2.05, 4.69) is 20.6 Å². The van der Waals surface area contributed by atoms with Gasteiger partial charge in [-0.25, -0.2) is 4.98 Å². The largest absolute Gasteiger partial charge is 0.495 e. The highest BCUT2D eigenvalue weighted by Crippen LogP contribution is 2.37. The zero-order valence-corrected chi connectivity index (χ0v) is 17.5. The monoisotopic (exact) mass is 432 g/mol. The van der Waals surface area contributed by atoms with Crippen molar-refractivity contribution >= 4 is 23.1 Å². The second-order valence-corrected chi connectivity index (χ2v) is 7.64. The van der Waals surface area contributed by atoms with Gasteiger partial charge in [0.2, 0.25) is 5.95 Å². The Balaban J connectivity index is 1.88. The molecule has 0 bridgehead atoms. The van der Waals surface area contributed by atoms with Crippen LogP contribution in [-0.2, 0) is 6.18 Å². The van der Waals surface area contributed by atoms with Crippen LogP contribution < -0.4 is 20.1 Å². The molecule has 0 atom stereocenters. The van der Waals surface area contributed by atoms with Gasteiger partial charge in [-0.3, -0.25) is 0 Å².